The Kier molecular flexibility index (Phi) is 7.19. The van der Waals surface area contributed by atoms with E-state index < -0.39 is 12.0 Å². The lowest BCUT2D eigenvalue weighted by molar-refractivity contribution is -0.116. The molecule has 1 aliphatic heterocycles. The van der Waals surface area contributed by atoms with Crippen LogP contribution >= 0.6 is 12.2 Å². The monoisotopic (exact) mass is 526 g/mol. The van der Waals surface area contributed by atoms with E-state index in [4.69, 9.17) is 16.6 Å². The van der Waals surface area contributed by atoms with Crippen LogP contribution in [0.25, 0.3) is 11.3 Å². The van der Waals surface area contributed by atoms with Gasteiger partial charge in [0.2, 0.25) is 5.91 Å². The van der Waals surface area contributed by atoms with Gasteiger partial charge >= 0.3 is 5.97 Å². The van der Waals surface area contributed by atoms with Gasteiger partial charge < -0.3 is 25.1 Å². The van der Waals surface area contributed by atoms with Crippen molar-refractivity contribution in [3.63, 3.8) is 0 Å². The maximum absolute atomic E-state index is 12.8. The minimum Gasteiger partial charge on any atom is -0.478 e. The Balaban J connectivity index is 1.43. The van der Waals surface area contributed by atoms with Crippen molar-refractivity contribution in [3.05, 3.63) is 108 Å². The summed E-state index contributed by atoms with van der Waals surface area (Å²) in [5.74, 6) is -0.140. The molecule has 1 fully saturated rings. The first-order valence-corrected chi connectivity index (χ1v) is 12.6. The summed E-state index contributed by atoms with van der Waals surface area (Å²) in [5.41, 5.74) is 3.21. The third kappa shape index (κ3) is 5.28. The number of pyridine rings is 1. The Morgan fingerprint density at radius 3 is 2.66 bits per heavy atom. The summed E-state index contributed by atoms with van der Waals surface area (Å²) >= 11 is 5.68. The Labute approximate surface area is 225 Å². The summed E-state index contributed by atoms with van der Waals surface area (Å²) < 4.78 is 6.26. The number of amides is 1. The number of aromatic carboxylic acids is 1. The van der Waals surface area contributed by atoms with Crippen molar-refractivity contribution in [2.75, 3.05) is 11.9 Å². The first-order chi connectivity index (χ1) is 18.4. The van der Waals surface area contributed by atoms with Crippen molar-refractivity contribution in [3.8, 4) is 11.3 Å². The summed E-state index contributed by atoms with van der Waals surface area (Å²) in [4.78, 5) is 31.0. The first-order valence-electron chi connectivity index (χ1n) is 12.2. The van der Waals surface area contributed by atoms with Gasteiger partial charge in [0.1, 0.15) is 17.6 Å². The van der Waals surface area contributed by atoms with Crippen molar-refractivity contribution < 1.29 is 19.1 Å². The number of aromatic nitrogens is 1. The molecule has 5 rings (SSSR count). The molecule has 2 atom stereocenters. The van der Waals surface area contributed by atoms with E-state index >= 15 is 0 Å². The minimum absolute atomic E-state index is 0.131. The lowest BCUT2D eigenvalue weighted by Crippen LogP contribution is -2.32. The second-order valence-electron chi connectivity index (χ2n) is 9.04. The fourth-order valence-electron chi connectivity index (χ4n) is 4.66. The van der Waals surface area contributed by atoms with Crippen LogP contribution in [-0.2, 0) is 4.79 Å². The highest BCUT2D eigenvalue weighted by molar-refractivity contribution is 7.80. The molecule has 2 aromatic heterocycles. The van der Waals surface area contributed by atoms with E-state index in [0.717, 1.165) is 16.9 Å². The highest BCUT2D eigenvalue weighted by Gasteiger charge is 2.41. The third-order valence-corrected chi connectivity index (χ3v) is 6.77. The summed E-state index contributed by atoms with van der Waals surface area (Å²) in [6, 6.07) is 22.9. The average molecular weight is 527 g/mol. The number of rotatable bonds is 8. The lowest BCUT2D eigenvalue weighted by Gasteiger charge is -2.25. The Bertz CT molecular complexity index is 1490. The molecule has 0 saturated carbocycles. The van der Waals surface area contributed by atoms with Gasteiger partial charge in [-0.2, -0.15) is 0 Å². The molecule has 38 heavy (non-hydrogen) atoms. The van der Waals surface area contributed by atoms with E-state index in [0.29, 0.717) is 28.7 Å². The van der Waals surface area contributed by atoms with Gasteiger partial charge in [0.05, 0.1) is 17.3 Å². The number of carbonyl (C=O) groups excluding carboxylic acids is 1. The van der Waals surface area contributed by atoms with Crippen LogP contribution in [0.3, 0.4) is 0 Å². The van der Waals surface area contributed by atoms with E-state index in [1.54, 1.807) is 36.5 Å². The van der Waals surface area contributed by atoms with Crippen molar-refractivity contribution in [2.24, 2.45) is 0 Å². The van der Waals surface area contributed by atoms with Gasteiger partial charge in [-0.05, 0) is 67.2 Å². The Morgan fingerprint density at radius 2 is 1.89 bits per heavy atom. The fourth-order valence-corrected chi connectivity index (χ4v) is 5.00. The zero-order chi connectivity index (χ0) is 26.6. The van der Waals surface area contributed by atoms with Crippen molar-refractivity contribution in [1.29, 1.82) is 0 Å². The van der Waals surface area contributed by atoms with Gasteiger partial charge in [0, 0.05) is 30.4 Å². The number of thiocarbonyl (C=S) groups is 1. The number of carboxylic acid groups (broad SMARTS) is 1. The standard InChI is InChI=1S/C29H26N4O4S/c1-18-7-6-8-19(17-18)31-25(34)14-16-33-27(26(32-29(33)38)22-11-4-5-15-30-22)24-13-12-23(37-24)20-9-2-3-10-21(20)28(35)36/h2-13,15,17,26-27H,14,16H2,1H3,(H,31,34)(H,32,38)(H,35,36)/t26-,27-/m0/s1. The molecule has 3 N–H and O–H groups in total. The minimum atomic E-state index is -1.03. The highest BCUT2D eigenvalue weighted by atomic mass is 32.1. The number of benzene rings is 2. The van der Waals surface area contributed by atoms with Gasteiger partial charge in [0.25, 0.3) is 0 Å². The number of aryl methyl sites for hydroxylation is 1. The molecule has 0 unspecified atom stereocenters. The van der Waals surface area contributed by atoms with Crippen LogP contribution in [0.2, 0.25) is 0 Å². The molecule has 2 aromatic carbocycles. The zero-order valence-electron chi connectivity index (χ0n) is 20.6. The first kappa shape index (κ1) is 25.2. The third-order valence-electron chi connectivity index (χ3n) is 6.42. The molecule has 0 bridgehead atoms. The number of nitrogens with one attached hydrogen (secondary N) is 2. The number of hydrogen-bond donors (Lipinski definition) is 3. The molecule has 9 heteroatoms. The molecule has 0 radical (unpaired) electrons. The van der Waals surface area contributed by atoms with E-state index in [9.17, 15) is 14.7 Å². The van der Waals surface area contributed by atoms with Crippen molar-refractivity contribution >= 4 is 34.9 Å². The zero-order valence-corrected chi connectivity index (χ0v) is 21.4. The van der Waals surface area contributed by atoms with Crippen LogP contribution in [0.1, 0.15) is 45.9 Å². The van der Waals surface area contributed by atoms with Crippen LogP contribution in [-0.4, -0.2) is 38.5 Å². The van der Waals surface area contributed by atoms with E-state index in [1.165, 1.54) is 0 Å². The topological polar surface area (TPSA) is 108 Å². The van der Waals surface area contributed by atoms with Gasteiger partial charge in [-0.15, -0.1) is 0 Å². The number of furan rings is 1. The SMILES string of the molecule is Cc1cccc(NC(=O)CCN2C(=S)N[C@@H](c3ccccn3)[C@@H]2c2ccc(-c3ccccc3C(=O)O)o2)c1. The summed E-state index contributed by atoms with van der Waals surface area (Å²) in [5, 5.41) is 16.4. The molecular weight excluding hydrogens is 500 g/mol. The molecule has 3 heterocycles. The molecule has 1 amide bonds. The summed E-state index contributed by atoms with van der Waals surface area (Å²) in [6.45, 7) is 2.32. The molecule has 4 aromatic rings. The van der Waals surface area contributed by atoms with Gasteiger partial charge in [-0.3, -0.25) is 9.78 Å². The predicted octanol–water partition coefficient (Wildman–Crippen LogP) is 5.35. The van der Waals surface area contributed by atoms with E-state index in [2.05, 4.69) is 15.6 Å². The number of nitrogens with zero attached hydrogens (tertiary/aromatic N) is 2. The van der Waals surface area contributed by atoms with Crippen LogP contribution in [0.5, 0.6) is 0 Å². The molecule has 0 aliphatic carbocycles. The van der Waals surface area contributed by atoms with Crippen LogP contribution in [0.15, 0.2) is 89.5 Å². The molecular formula is C29H26N4O4S. The van der Waals surface area contributed by atoms with Crippen molar-refractivity contribution in [1.82, 2.24) is 15.2 Å². The highest BCUT2D eigenvalue weighted by Crippen LogP contribution is 2.40. The Morgan fingerprint density at radius 1 is 1.08 bits per heavy atom. The molecule has 192 valence electrons. The molecule has 1 saturated heterocycles. The molecule has 1 aliphatic rings. The van der Waals surface area contributed by atoms with Gasteiger partial charge in [0.15, 0.2) is 5.11 Å². The predicted molar refractivity (Wildman–Crippen MR) is 148 cm³/mol. The second-order valence-corrected chi connectivity index (χ2v) is 9.43. The fraction of sp³-hybridized carbons (Fsp3) is 0.172. The summed E-state index contributed by atoms with van der Waals surface area (Å²) in [6.07, 6.45) is 1.92. The van der Waals surface area contributed by atoms with Crippen LogP contribution in [0.4, 0.5) is 5.69 Å². The average Bonchev–Trinajstić information content (AvgIpc) is 3.52. The van der Waals surface area contributed by atoms with E-state index in [1.807, 2.05) is 60.4 Å². The second kappa shape index (κ2) is 10.9. The number of carbonyl (C=O) groups is 2. The molecule has 0 spiro atoms. The van der Waals surface area contributed by atoms with Gasteiger partial charge in [-0.25, -0.2) is 4.79 Å². The van der Waals surface area contributed by atoms with Gasteiger partial charge in [-0.1, -0.05) is 36.4 Å². The van der Waals surface area contributed by atoms with Crippen LogP contribution < -0.4 is 10.6 Å². The number of carboxylic acids is 1. The molecule has 8 nitrogen and oxygen atoms in total. The van der Waals surface area contributed by atoms with E-state index in [-0.39, 0.29) is 23.9 Å². The quantitative estimate of drug-likeness (QED) is 0.264. The van der Waals surface area contributed by atoms with Crippen molar-refractivity contribution in [2.45, 2.75) is 25.4 Å². The largest absolute Gasteiger partial charge is 0.478 e. The smallest absolute Gasteiger partial charge is 0.336 e. The Hall–Kier alpha value is -4.50. The maximum Gasteiger partial charge on any atom is 0.336 e. The van der Waals surface area contributed by atoms with Crippen LogP contribution in [0, 0.1) is 6.92 Å². The summed E-state index contributed by atoms with van der Waals surface area (Å²) in [7, 11) is 0. The normalized spacial score (nSPS) is 16.8. The lowest BCUT2D eigenvalue weighted by atomic mass is 10.0. The number of anilines is 1. The number of hydrogen-bond acceptors (Lipinski definition) is 5. The maximum atomic E-state index is 12.8.